The Morgan fingerprint density at radius 1 is 1.21 bits per heavy atom. The van der Waals surface area contributed by atoms with Gasteiger partial charge in [-0.05, 0) is 48.7 Å². The predicted octanol–water partition coefficient (Wildman–Crippen LogP) is -0.301. The third-order valence-corrected chi connectivity index (χ3v) is 7.88. The summed E-state index contributed by atoms with van der Waals surface area (Å²) in [5, 5.41) is 31.1. The van der Waals surface area contributed by atoms with E-state index in [2.05, 4.69) is 30.6 Å². The summed E-state index contributed by atoms with van der Waals surface area (Å²) < 4.78 is 12.6. The summed E-state index contributed by atoms with van der Waals surface area (Å²) in [7, 11) is 0. The van der Waals surface area contributed by atoms with E-state index in [0.717, 1.165) is 50.2 Å². The lowest BCUT2D eigenvalue weighted by molar-refractivity contribution is -0.145. The normalized spacial score (nSPS) is 31.5. The van der Waals surface area contributed by atoms with E-state index >= 15 is 0 Å². The van der Waals surface area contributed by atoms with Gasteiger partial charge in [0.25, 0.3) is 0 Å². The van der Waals surface area contributed by atoms with Crippen LogP contribution in [-0.4, -0.2) is 103 Å². The van der Waals surface area contributed by atoms with Crippen molar-refractivity contribution >= 4 is 5.97 Å². The summed E-state index contributed by atoms with van der Waals surface area (Å²) in [4.78, 5) is 16.4. The smallest absolute Gasteiger partial charge is 0.335 e. The third-order valence-electron chi connectivity index (χ3n) is 7.88. The summed E-state index contributed by atoms with van der Waals surface area (Å²) in [5.41, 5.74) is 2.17. The molecule has 1 spiro atoms. The van der Waals surface area contributed by atoms with Crippen LogP contribution in [0.1, 0.15) is 31.9 Å². The van der Waals surface area contributed by atoms with Gasteiger partial charge in [0.05, 0.1) is 30.2 Å². The lowest BCUT2D eigenvalue weighted by atomic mass is 9.70. The molecule has 4 aliphatic heterocycles. The molecule has 3 unspecified atom stereocenters. The Balaban J connectivity index is 1.13. The van der Waals surface area contributed by atoms with Gasteiger partial charge >= 0.3 is 5.97 Å². The van der Waals surface area contributed by atoms with E-state index in [1.165, 1.54) is 11.0 Å². The first-order valence-electron chi connectivity index (χ1n) is 11.8. The van der Waals surface area contributed by atoms with Crippen LogP contribution in [0.4, 0.5) is 0 Å². The lowest BCUT2D eigenvalue weighted by Crippen LogP contribution is -2.62. The highest BCUT2D eigenvalue weighted by molar-refractivity contribution is 5.90. The number of ether oxygens (including phenoxy) is 2. The van der Waals surface area contributed by atoms with Crippen molar-refractivity contribution in [1.82, 2.24) is 40.2 Å². The molecule has 12 heteroatoms. The van der Waals surface area contributed by atoms with E-state index in [1.807, 2.05) is 17.0 Å². The van der Waals surface area contributed by atoms with E-state index in [1.54, 1.807) is 6.92 Å². The molecule has 12 nitrogen and oxygen atoms in total. The standard InChI is InChI=1S/C22H28N8O4/c1-14-18(12-34-20(14)31)29-7-5-22(21(29)32)8-16-10-33-11-17(9-22)28(16)6-4-15-2-3-19(25-24-15)30-13-23-26-27-30/h2-3,13,16-17,21,32H,4-12H2,1H3. The van der Waals surface area contributed by atoms with Crippen LogP contribution in [0.3, 0.4) is 0 Å². The number of morpholine rings is 1. The number of carbonyl (C=O) groups excluding carboxylic acids is 1. The van der Waals surface area contributed by atoms with Crippen molar-refractivity contribution in [3.05, 3.63) is 35.4 Å². The van der Waals surface area contributed by atoms with Gasteiger partial charge in [0.2, 0.25) is 0 Å². The minimum Gasteiger partial charge on any atom is -0.456 e. The topological polar surface area (TPSA) is 132 Å². The molecular weight excluding hydrogens is 440 g/mol. The highest BCUT2D eigenvalue weighted by Gasteiger charge is 2.55. The Bertz CT molecular complexity index is 1070. The van der Waals surface area contributed by atoms with Gasteiger partial charge in [0.1, 0.15) is 19.2 Å². The van der Waals surface area contributed by atoms with Crippen molar-refractivity contribution in [2.75, 3.05) is 32.9 Å². The van der Waals surface area contributed by atoms with Crippen LogP contribution in [0, 0.1) is 5.41 Å². The molecule has 180 valence electrons. The molecule has 2 bridgehead atoms. The molecule has 6 heterocycles. The first-order chi connectivity index (χ1) is 16.5. The van der Waals surface area contributed by atoms with E-state index in [0.29, 0.717) is 24.6 Å². The predicted molar refractivity (Wildman–Crippen MR) is 116 cm³/mol. The van der Waals surface area contributed by atoms with Gasteiger partial charge in [0, 0.05) is 37.0 Å². The second kappa shape index (κ2) is 8.36. The van der Waals surface area contributed by atoms with Crippen LogP contribution in [0.5, 0.6) is 0 Å². The van der Waals surface area contributed by atoms with Gasteiger partial charge in [0.15, 0.2) is 5.82 Å². The quantitative estimate of drug-likeness (QED) is 0.580. The maximum Gasteiger partial charge on any atom is 0.335 e. The number of fused-ring (bicyclic) bond motifs is 2. The number of hydrogen-bond acceptors (Lipinski definition) is 11. The molecule has 2 aromatic rings. The average Bonchev–Trinajstić information content (AvgIpc) is 3.56. The number of tetrazole rings is 1. The number of hydrogen-bond donors (Lipinski definition) is 1. The molecule has 0 radical (unpaired) electrons. The Morgan fingerprint density at radius 2 is 2.03 bits per heavy atom. The summed E-state index contributed by atoms with van der Waals surface area (Å²) in [6, 6.07) is 4.31. The fraction of sp³-hybridized carbons (Fsp3) is 0.636. The molecule has 0 saturated carbocycles. The number of esters is 1. The summed E-state index contributed by atoms with van der Waals surface area (Å²) in [5.74, 6) is 0.302. The van der Waals surface area contributed by atoms with Gasteiger partial charge in [-0.15, -0.1) is 10.2 Å². The van der Waals surface area contributed by atoms with Crippen molar-refractivity contribution in [2.24, 2.45) is 5.41 Å². The van der Waals surface area contributed by atoms with Crippen LogP contribution in [0.25, 0.3) is 5.82 Å². The first-order valence-corrected chi connectivity index (χ1v) is 11.8. The molecule has 0 aromatic carbocycles. The highest BCUT2D eigenvalue weighted by Crippen LogP contribution is 2.50. The highest BCUT2D eigenvalue weighted by atomic mass is 16.5. The molecule has 4 aliphatic rings. The maximum atomic E-state index is 11.9. The molecule has 34 heavy (non-hydrogen) atoms. The van der Waals surface area contributed by atoms with Gasteiger partial charge < -0.3 is 19.5 Å². The number of rotatable bonds is 5. The van der Waals surface area contributed by atoms with Gasteiger partial charge in [-0.2, -0.15) is 9.78 Å². The fourth-order valence-corrected chi connectivity index (χ4v) is 6.08. The van der Waals surface area contributed by atoms with Crippen LogP contribution in [-0.2, 0) is 20.7 Å². The fourth-order valence-electron chi connectivity index (χ4n) is 6.08. The number of nitrogens with zero attached hydrogens (tertiary/aromatic N) is 8. The zero-order valence-electron chi connectivity index (χ0n) is 19.1. The zero-order chi connectivity index (χ0) is 23.3. The van der Waals surface area contributed by atoms with E-state index < -0.39 is 6.23 Å². The molecule has 3 fully saturated rings. The third kappa shape index (κ3) is 3.56. The number of piperidine rings is 1. The van der Waals surface area contributed by atoms with Crippen molar-refractivity contribution in [2.45, 2.75) is 50.9 Å². The lowest BCUT2D eigenvalue weighted by Gasteiger charge is -2.53. The molecule has 6 rings (SSSR count). The summed E-state index contributed by atoms with van der Waals surface area (Å²) in [6.07, 6.45) is 4.30. The minimum atomic E-state index is -0.609. The van der Waals surface area contributed by atoms with Crippen LogP contribution in [0.2, 0.25) is 0 Å². The molecule has 0 aliphatic carbocycles. The van der Waals surface area contributed by atoms with E-state index in [-0.39, 0.29) is 30.1 Å². The van der Waals surface area contributed by atoms with E-state index in [4.69, 9.17) is 9.47 Å². The number of cyclic esters (lactones) is 1. The Kier molecular flexibility index (Phi) is 5.30. The van der Waals surface area contributed by atoms with Gasteiger partial charge in [-0.25, -0.2) is 4.79 Å². The zero-order valence-corrected chi connectivity index (χ0v) is 19.1. The van der Waals surface area contributed by atoms with Crippen molar-refractivity contribution in [3.8, 4) is 5.82 Å². The number of likely N-dealkylation sites (tertiary alicyclic amines) is 1. The van der Waals surface area contributed by atoms with Crippen molar-refractivity contribution in [1.29, 1.82) is 0 Å². The summed E-state index contributed by atoms with van der Waals surface area (Å²) >= 11 is 0. The second-order valence-electron chi connectivity index (χ2n) is 9.71. The number of carbonyl (C=O) groups is 1. The molecule has 3 atom stereocenters. The number of aliphatic hydroxyl groups excluding tert-OH is 1. The Labute approximate surface area is 196 Å². The SMILES string of the molecule is CC1=C(N2CCC3(CC4COCC(C3)N4CCc3ccc(-n4cnnn4)nn3)C2O)COC1=O. The van der Waals surface area contributed by atoms with Crippen LogP contribution >= 0.6 is 0 Å². The molecule has 3 saturated heterocycles. The first kappa shape index (κ1) is 21.6. The number of aliphatic hydroxyl groups is 1. The second-order valence-corrected chi connectivity index (χ2v) is 9.71. The van der Waals surface area contributed by atoms with E-state index in [9.17, 15) is 9.90 Å². The minimum absolute atomic E-state index is 0.193. The van der Waals surface area contributed by atoms with Gasteiger partial charge in [-0.1, -0.05) is 0 Å². The Morgan fingerprint density at radius 3 is 2.68 bits per heavy atom. The van der Waals surface area contributed by atoms with Gasteiger partial charge in [-0.3, -0.25) is 4.90 Å². The van der Waals surface area contributed by atoms with Crippen molar-refractivity contribution < 1.29 is 19.4 Å². The monoisotopic (exact) mass is 468 g/mol. The van der Waals surface area contributed by atoms with Crippen LogP contribution < -0.4 is 0 Å². The average molecular weight is 469 g/mol. The van der Waals surface area contributed by atoms with Crippen molar-refractivity contribution in [3.63, 3.8) is 0 Å². The molecule has 0 amide bonds. The molecule has 2 aromatic heterocycles. The summed E-state index contributed by atoms with van der Waals surface area (Å²) in [6.45, 7) is 4.98. The maximum absolute atomic E-state index is 11.9. The van der Waals surface area contributed by atoms with Crippen LogP contribution in [0.15, 0.2) is 29.7 Å². The number of aromatic nitrogens is 6. The molecule has 1 N–H and O–H groups in total. The Hall–Kier alpha value is -2.96. The largest absolute Gasteiger partial charge is 0.456 e. The molecular formula is C22H28N8O4.